The molecule has 0 aliphatic carbocycles. The molecule has 0 saturated heterocycles. The van der Waals surface area contributed by atoms with Gasteiger partial charge in [-0.2, -0.15) is 31.4 Å². The zero-order chi connectivity index (χ0) is 24.0. The summed E-state index contributed by atoms with van der Waals surface area (Å²) in [6.45, 7) is 0. The molecule has 0 spiro atoms. The molecule has 1 amide bonds. The first kappa shape index (κ1) is 22.2. The summed E-state index contributed by atoms with van der Waals surface area (Å²) >= 11 is 0. The third-order valence-electron chi connectivity index (χ3n) is 4.54. The van der Waals surface area contributed by atoms with Crippen molar-refractivity contribution in [1.29, 1.82) is 0 Å². The van der Waals surface area contributed by atoms with E-state index in [1.807, 2.05) is 0 Å². The van der Waals surface area contributed by atoms with Crippen molar-refractivity contribution >= 4 is 28.7 Å². The van der Waals surface area contributed by atoms with E-state index in [0.717, 1.165) is 17.1 Å². The molecule has 3 aromatic heterocycles. The highest BCUT2D eigenvalue weighted by molar-refractivity contribution is 6.05. The zero-order valence-corrected chi connectivity index (χ0v) is 16.7. The summed E-state index contributed by atoms with van der Waals surface area (Å²) in [5.74, 6) is -0.684. The number of aromatic nitrogens is 4. The van der Waals surface area contributed by atoms with Crippen LogP contribution in [0.15, 0.2) is 54.9 Å². The monoisotopic (exact) mass is 468 g/mol. The predicted molar refractivity (Wildman–Crippen MR) is 106 cm³/mol. The maximum Gasteiger partial charge on any atom is 0.435 e. The smallest absolute Gasteiger partial charge is 0.341 e. The summed E-state index contributed by atoms with van der Waals surface area (Å²) in [5.41, 5.74) is -2.20. The van der Waals surface area contributed by atoms with Crippen LogP contribution in [0.1, 0.15) is 21.7 Å². The van der Waals surface area contributed by atoms with Crippen LogP contribution in [-0.2, 0) is 19.4 Å². The van der Waals surface area contributed by atoms with E-state index in [0.29, 0.717) is 11.5 Å². The van der Waals surface area contributed by atoms with Gasteiger partial charge in [0.1, 0.15) is 11.5 Å². The van der Waals surface area contributed by atoms with E-state index in [9.17, 15) is 31.1 Å². The van der Waals surface area contributed by atoms with Crippen LogP contribution in [0.5, 0.6) is 0 Å². The Morgan fingerprint density at radius 1 is 0.909 bits per heavy atom. The third kappa shape index (κ3) is 4.61. The van der Waals surface area contributed by atoms with E-state index in [-0.39, 0.29) is 11.3 Å². The molecule has 0 saturated carbocycles. The molecule has 0 aliphatic rings. The number of carbonyl (C=O) groups excluding carboxylic acids is 1. The first-order chi connectivity index (χ1) is 15.4. The van der Waals surface area contributed by atoms with Crippen molar-refractivity contribution < 1.29 is 31.1 Å². The van der Waals surface area contributed by atoms with E-state index < -0.39 is 35.2 Å². The number of imidazole rings is 1. The Morgan fingerprint density at radius 2 is 1.58 bits per heavy atom. The number of pyridine rings is 1. The van der Waals surface area contributed by atoms with Crippen molar-refractivity contribution in [3.05, 3.63) is 71.8 Å². The number of hydrogen-bond donors (Lipinski definition) is 2. The number of alkyl halides is 6. The number of amides is 1. The molecule has 0 atom stereocenters. The minimum atomic E-state index is -4.79. The zero-order valence-electron chi connectivity index (χ0n) is 16.7. The number of benzene rings is 1. The Morgan fingerprint density at radius 3 is 2.21 bits per heavy atom. The molecule has 2 N–H and O–H groups in total. The van der Waals surface area contributed by atoms with Gasteiger partial charge < -0.3 is 10.6 Å². The van der Waals surface area contributed by atoms with Gasteiger partial charge in [-0.25, -0.2) is 4.98 Å². The lowest BCUT2D eigenvalue weighted by molar-refractivity contribution is -0.142. The fourth-order valence-corrected chi connectivity index (χ4v) is 3.10. The van der Waals surface area contributed by atoms with Gasteiger partial charge in [0.15, 0.2) is 11.4 Å². The lowest BCUT2D eigenvalue weighted by Crippen LogP contribution is -2.17. The Hall–Kier alpha value is -4.03. The Kier molecular flexibility index (Phi) is 5.26. The molecule has 0 unspecified atom stereocenters. The molecule has 0 bridgehead atoms. The van der Waals surface area contributed by atoms with Crippen molar-refractivity contribution in [2.75, 3.05) is 10.6 Å². The van der Waals surface area contributed by atoms with Gasteiger partial charge in [-0.15, -0.1) is 0 Å². The SMILES string of the molecule is Cn1cc(C(=O)Nc2ccc(Nc3cccc4nc(C(F)(F)F)cn34)cc2)c(C(F)(F)F)n1. The number of anilines is 3. The second-order valence-electron chi connectivity index (χ2n) is 6.98. The van der Waals surface area contributed by atoms with Crippen LogP contribution in [0.4, 0.5) is 43.5 Å². The van der Waals surface area contributed by atoms with Crippen LogP contribution >= 0.6 is 0 Å². The summed E-state index contributed by atoms with van der Waals surface area (Å²) in [4.78, 5) is 15.9. The molecular weight excluding hydrogens is 454 g/mol. The van der Waals surface area contributed by atoms with Crippen molar-refractivity contribution in [1.82, 2.24) is 19.2 Å². The Bertz CT molecular complexity index is 1320. The second kappa shape index (κ2) is 7.83. The van der Waals surface area contributed by atoms with E-state index in [2.05, 4.69) is 20.7 Å². The van der Waals surface area contributed by atoms with E-state index in [1.165, 1.54) is 47.8 Å². The van der Waals surface area contributed by atoms with Crippen LogP contribution in [0.25, 0.3) is 5.65 Å². The number of aryl methyl sites for hydroxylation is 1. The lowest BCUT2D eigenvalue weighted by Gasteiger charge is -2.11. The number of nitrogens with one attached hydrogen (secondary N) is 2. The van der Waals surface area contributed by atoms with Crippen LogP contribution in [0.2, 0.25) is 0 Å². The maximum absolute atomic E-state index is 13.1. The van der Waals surface area contributed by atoms with Gasteiger partial charge in [-0.3, -0.25) is 13.9 Å². The number of halogens is 6. The van der Waals surface area contributed by atoms with Crippen molar-refractivity contribution in [2.24, 2.45) is 7.05 Å². The van der Waals surface area contributed by atoms with E-state index in [4.69, 9.17) is 0 Å². The van der Waals surface area contributed by atoms with Gasteiger partial charge in [0.05, 0.1) is 5.56 Å². The van der Waals surface area contributed by atoms with E-state index >= 15 is 0 Å². The van der Waals surface area contributed by atoms with Gasteiger partial charge in [-0.05, 0) is 36.4 Å². The predicted octanol–water partition coefficient (Wildman–Crippen LogP) is 5.10. The maximum atomic E-state index is 13.1. The molecule has 1 aromatic carbocycles. The van der Waals surface area contributed by atoms with Gasteiger partial charge in [0.25, 0.3) is 5.91 Å². The van der Waals surface area contributed by atoms with Gasteiger partial charge in [0.2, 0.25) is 0 Å². The molecular formula is C20H14F6N6O. The highest BCUT2D eigenvalue weighted by Crippen LogP contribution is 2.32. The molecule has 0 aliphatic heterocycles. The molecule has 0 radical (unpaired) electrons. The molecule has 4 aromatic rings. The van der Waals surface area contributed by atoms with Crippen molar-refractivity contribution in [3.63, 3.8) is 0 Å². The molecule has 7 nitrogen and oxygen atoms in total. The van der Waals surface area contributed by atoms with Crippen LogP contribution in [0.3, 0.4) is 0 Å². The number of carbonyl (C=O) groups is 1. The van der Waals surface area contributed by atoms with Crippen molar-refractivity contribution in [3.8, 4) is 0 Å². The molecule has 4 rings (SSSR count). The third-order valence-corrected chi connectivity index (χ3v) is 4.54. The van der Waals surface area contributed by atoms with Gasteiger partial charge in [0, 0.05) is 30.8 Å². The molecule has 172 valence electrons. The molecule has 0 fully saturated rings. The number of fused-ring (bicyclic) bond motifs is 1. The number of hydrogen-bond acceptors (Lipinski definition) is 4. The van der Waals surface area contributed by atoms with Crippen LogP contribution < -0.4 is 10.6 Å². The minimum absolute atomic E-state index is 0.0909. The molecule has 33 heavy (non-hydrogen) atoms. The van der Waals surface area contributed by atoms with Gasteiger partial charge in [-0.1, -0.05) is 6.07 Å². The standard InChI is InChI=1S/C20H14F6N6O/c1-31-9-13(17(30-31)20(24,25)26)18(33)28-12-7-5-11(6-8-12)27-15-3-2-4-16-29-14(10-32(15)16)19(21,22)23/h2-10,27H,1H3,(H,28,33). The van der Waals surface area contributed by atoms with Crippen LogP contribution in [-0.4, -0.2) is 25.1 Å². The fraction of sp³-hybridized carbons (Fsp3) is 0.150. The Labute approximate surface area is 181 Å². The lowest BCUT2D eigenvalue weighted by atomic mass is 10.2. The summed E-state index contributed by atoms with van der Waals surface area (Å²) in [6.07, 6.45) is -7.56. The van der Waals surface area contributed by atoms with Crippen molar-refractivity contribution in [2.45, 2.75) is 12.4 Å². The second-order valence-corrected chi connectivity index (χ2v) is 6.98. The topological polar surface area (TPSA) is 76.2 Å². The van der Waals surface area contributed by atoms with Crippen LogP contribution in [0, 0.1) is 0 Å². The highest BCUT2D eigenvalue weighted by atomic mass is 19.4. The number of rotatable bonds is 4. The normalized spacial score (nSPS) is 12.2. The summed E-state index contributed by atoms with van der Waals surface area (Å²) in [7, 11) is 1.27. The average molecular weight is 468 g/mol. The quantitative estimate of drug-likeness (QED) is 0.409. The largest absolute Gasteiger partial charge is 0.435 e. The molecule has 3 heterocycles. The first-order valence-electron chi connectivity index (χ1n) is 9.26. The molecule has 13 heteroatoms. The summed E-state index contributed by atoms with van der Waals surface area (Å²) in [6, 6.07) is 10.4. The Balaban J connectivity index is 1.52. The summed E-state index contributed by atoms with van der Waals surface area (Å²) in [5, 5.41) is 8.59. The van der Waals surface area contributed by atoms with Gasteiger partial charge >= 0.3 is 12.4 Å². The highest BCUT2D eigenvalue weighted by Gasteiger charge is 2.39. The first-order valence-corrected chi connectivity index (χ1v) is 9.26. The average Bonchev–Trinajstić information content (AvgIpc) is 3.34. The van der Waals surface area contributed by atoms with E-state index in [1.54, 1.807) is 6.07 Å². The minimum Gasteiger partial charge on any atom is -0.341 e. The number of nitrogens with zero attached hydrogens (tertiary/aromatic N) is 4. The fourth-order valence-electron chi connectivity index (χ4n) is 3.10. The summed E-state index contributed by atoms with van der Waals surface area (Å²) < 4.78 is 80.2.